The van der Waals surface area contributed by atoms with E-state index in [1.54, 1.807) is 0 Å². The molecule has 98 valence electrons. The molecule has 20 heavy (non-hydrogen) atoms. The summed E-state index contributed by atoms with van der Waals surface area (Å²) in [4.78, 5) is 3.87. The SMILES string of the molecule is C=[S+](c1ccccc1)(c1ccccc1)c1ccccc1. The molecule has 0 saturated carbocycles. The highest BCUT2D eigenvalue weighted by Gasteiger charge is 2.28. The van der Waals surface area contributed by atoms with Crippen LogP contribution in [0.3, 0.4) is 0 Å². The Bertz CT molecular complexity index is 612. The predicted molar refractivity (Wildman–Crippen MR) is 88.6 cm³/mol. The minimum absolute atomic E-state index is 1.29. The average molecular weight is 277 g/mol. The van der Waals surface area contributed by atoms with Crippen LogP contribution in [0.25, 0.3) is 0 Å². The van der Waals surface area contributed by atoms with Crippen LogP contribution in [0.2, 0.25) is 0 Å². The van der Waals surface area contributed by atoms with Crippen molar-refractivity contribution in [2.75, 3.05) is 0 Å². The molecular formula is C19H17S+. The first kappa shape index (κ1) is 12.9. The third-order valence-corrected chi connectivity index (χ3v) is 6.67. The standard InChI is InChI=1S/C19H17S/c1-20(17-11-5-2-6-12-17,18-13-7-3-8-14-18)19-15-9-4-10-16-19/h2-16H,1H2/q+1. The van der Waals surface area contributed by atoms with Gasteiger partial charge in [0.2, 0.25) is 0 Å². The van der Waals surface area contributed by atoms with Gasteiger partial charge in [0.15, 0.2) is 0 Å². The molecule has 0 spiro atoms. The van der Waals surface area contributed by atoms with Crippen LogP contribution in [0.5, 0.6) is 0 Å². The molecule has 0 bridgehead atoms. The van der Waals surface area contributed by atoms with Gasteiger partial charge in [-0.15, -0.1) is 0 Å². The zero-order valence-electron chi connectivity index (χ0n) is 11.3. The van der Waals surface area contributed by atoms with Gasteiger partial charge in [0.05, 0.1) is 5.87 Å². The molecule has 0 radical (unpaired) electrons. The fourth-order valence-corrected chi connectivity index (χ4v) is 5.05. The summed E-state index contributed by atoms with van der Waals surface area (Å²) in [5.41, 5.74) is 0. The first-order valence-corrected chi connectivity index (χ1v) is 8.44. The van der Waals surface area contributed by atoms with E-state index in [1.807, 2.05) is 0 Å². The second-order valence-corrected chi connectivity index (χ2v) is 7.57. The molecule has 0 heterocycles. The Hall–Kier alpha value is -2.12. The molecule has 3 aromatic rings. The molecule has 0 atom stereocenters. The Balaban J connectivity index is 2.27. The van der Waals surface area contributed by atoms with Crippen LogP contribution in [0.15, 0.2) is 106 Å². The van der Waals surface area contributed by atoms with Crippen molar-refractivity contribution in [3.63, 3.8) is 0 Å². The third kappa shape index (κ3) is 2.21. The first-order chi connectivity index (χ1) is 9.82. The van der Waals surface area contributed by atoms with Crippen LogP contribution in [0, 0.1) is 0 Å². The fraction of sp³-hybridized carbons (Fsp3) is 0. The Morgan fingerprint density at radius 3 is 0.950 bits per heavy atom. The summed E-state index contributed by atoms with van der Waals surface area (Å²) < 4.78 is 0. The van der Waals surface area contributed by atoms with Crippen LogP contribution in [0.4, 0.5) is 0 Å². The predicted octanol–water partition coefficient (Wildman–Crippen LogP) is 4.75. The monoisotopic (exact) mass is 277 g/mol. The van der Waals surface area contributed by atoms with Gasteiger partial charge >= 0.3 is 0 Å². The highest BCUT2D eigenvalue weighted by molar-refractivity contribution is 8.11. The molecular weight excluding hydrogens is 260 g/mol. The minimum atomic E-state index is -1.43. The molecule has 0 aliphatic carbocycles. The van der Waals surface area contributed by atoms with Gasteiger partial charge in [0.1, 0.15) is 14.7 Å². The van der Waals surface area contributed by atoms with E-state index in [0.29, 0.717) is 0 Å². The zero-order chi connectivity index (χ0) is 13.8. The molecule has 3 rings (SSSR count). The topological polar surface area (TPSA) is 0 Å². The smallest absolute Gasteiger partial charge is 0.0619 e. The molecule has 0 aliphatic heterocycles. The quantitative estimate of drug-likeness (QED) is 0.479. The van der Waals surface area contributed by atoms with Gasteiger partial charge in [-0.05, 0) is 46.0 Å². The van der Waals surface area contributed by atoms with E-state index in [0.717, 1.165) is 0 Å². The summed E-state index contributed by atoms with van der Waals surface area (Å²) in [6.07, 6.45) is 0. The van der Waals surface area contributed by atoms with Gasteiger partial charge in [0.25, 0.3) is 0 Å². The second-order valence-electron chi connectivity index (χ2n) is 4.68. The lowest BCUT2D eigenvalue weighted by molar-refractivity contribution is 1.31. The maximum atomic E-state index is 4.66. The molecule has 0 N–H and O–H groups in total. The number of rotatable bonds is 3. The van der Waals surface area contributed by atoms with Crippen molar-refractivity contribution in [2.45, 2.75) is 14.7 Å². The summed E-state index contributed by atoms with van der Waals surface area (Å²) in [6, 6.07) is 31.8. The molecule has 0 fully saturated rings. The second kappa shape index (κ2) is 5.48. The van der Waals surface area contributed by atoms with Gasteiger partial charge in [0, 0.05) is 0 Å². The van der Waals surface area contributed by atoms with Gasteiger partial charge in [-0.2, -0.15) is 0 Å². The zero-order valence-corrected chi connectivity index (χ0v) is 12.1. The third-order valence-electron chi connectivity index (χ3n) is 3.44. The van der Waals surface area contributed by atoms with E-state index in [4.69, 9.17) is 0 Å². The van der Waals surface area contributed by atoms with Crippen LogP contribution >= 0.6 is 0 Å². The molecule has 0 amide bonds. The molecule has 0 unspecified atom stereocenters. The molecule has 3 aromatic carbocycles. The summed E-state index contributed by atoms with van der Waals surface area (Å²) in [6.45, 7) is 0. The minimum Gasteiger partial charge on any atom is -0.0619 e. The van der Waals surface area contributed by atoms with E-state index in [9.17, 15) is 0 Å². The lowest BCUT2D eigenvalue weighted by atomic mass is 10.4. The van der Waals surface area contributed by atoms with E-state index in [-0.39, 0.29) is 0 Å². The fourth-order valence-electron chi connectivity index (χ4n) is 2.37. The van der Waals surface area contributed by atoms with E-state index >= 15 is 0 Å². The Morgan fingerprint density at radius 2 is 0.700 bits per heavy atom. The normalized spacial score (nSPS) is 11.2. The average Bonchev–Trinajstić information content (AvgIpc) is 2.56. The number of hydrogen-bond donors (Lipinski definition) is 0. The van der Waals surface area contributed by atoms with Crippen LogP contribution in [-0.2, 0) is 9.62 Å². The summed E-state index contributed by atoms with van der Waals surface area (Å²) in [7, 11) is -1.43. The maximum absolute atomic E-state index is 4.66. The van der Waals surface area contributed by atoms with Crippen molar-refractivity contribution in [1.82, 2.24) is 0 Å². The van der Waals surface area contributed by atoms with Gasteiger partial charge in [-0.25, -0.2) is 0 Å². The largest absolute Gasteiger partial charge is 0.128 e. The Morgan fingerprint density at radius 1 is 0.450 bits per heavy atom. The highest BCUT2D eigenvalue weighted by atomic mass is 32.2. The maximum Gasteiger partial charge on any atom is 0.128 e. The van der Waals surface area contributed by atoms with Crippen LogP contribution in [0.1, 0.15) is 0 Å². The molecule has 0 aromatic heterocycles. The molecule has 0 aliphatic rings. The van der Waals surface area contributed by atoms with Gasteiger partial charge in [-0.3, -0.25) is 0 Å². The van der Waals surface area contributed by atoms with Crippen molar-refractivity contribution >= 4 is 15.5 Å². The van der Waals surface area contributed by atoms with Gasteiger partial charge < -0.3 is 0 Å². The number of benzene rings is 3. The lowest BCUT2D eigenvalue weighted by Crippen LogP contribution is -2.13. The van der Waals surface area contributed by atoms with Crippen molar-refractivity contribution in [3.05, 3.63) is 91.0 Å². The molecule has 1 heteroatoms. The van der Waals surface area contributed by atoms with Crippen LogP contribution < -0.4 is 0 Å². The Kier molecular flexibility index (Phi) is 3.53. The summed E-state index contributed by atoms with van der Waals surface area (Å²) >= 11 is 0. The van der Waals surface area contributed by atoms with E-state index in [1.165, 1.54) is 14.7 Å². The summed E-state index contributed by atoms with van der Waals surface area (Å²) in [5, 5.41) is 0. The Labute approximate surface area is 121 Å². The van der Waals surface area contributed by atoms with E-state index in [2.05, 4.69) is 96.9 Å². The highest BCUT2D eigenvalue weighted by Crippen LogP contribution is 2.35. The van der Waals surface area contributed by atoms with Gasteiger partial charge in [-0.1, -0.05) is 54.6 Å². The van der Waals surface area contributed by atoms with Crippen molar-refractivity contribution in [1.29, 1.82) is 0 Å². The lowest BCUT2D eigenvalue weighted by Gasteiger charge is -2.19. The van der Waals surface area contributed by atoms with Crippen molar-refractivity contribution in [3.8, 4) is 0 Å². The first-order valence-electron chi connectivity index (χ1n) is 6.63. The van der Waals surface area contributed by atoms with Crippen molar-refractivity contribution in [2.24, 2.45) is 0 Å². The van der Waals surface area contributed by atoms with E-state index < -0.39 is 9.62 Å². The number of hydrogen-bond acceptors (Lipinski definition) is 0. The molecule has 0 saturated heterocycles. The summed E-state index contributed by atoms with van der Waals surface area (Å²) in [5.74, 6) is 4.66. The molecule has 0 nitrogen and oxygen atoms in total. The van der Waals surface area contributed by atoms with Crippen molar-refractivity contribution < 1.29 is 0 Å². The van der Waals surface area contributed by atoms with Crippen LogP contribution in [-0.4, -0.2) is 5.87 Å².